The van der Waals surface area contributed by atoms with E-state index in [1.807, 2.05) is 30.6 Å². The predicted molar refractivity (Wildman–Crippen MR) is 111 cm³/mol. The zero-order chi connectivity index (χ0) is 19.0. The van der Waals surface area contributed by atoms with E-state index in [-0.39, 0.29) is 0 Å². The molecule has 2 aliphatic rings. The minimum atomic E-state index is 0.427. The van der Waals surface area contributed by atoms with E-state index in [9.17, 15) is 0 Å². The molecular weight excluding hydrogens is 352 g/mol. The summed E-state index contributed by atoms with van der Waals surface area (Å²) in [5.74, 6) is 2.77. The van der Waals surface area contributed by atoms with E-state index >= 15 is 0 Å². The van der Waals surface area contributed by atoms with Gasteiger partial charge in [0.05, 0.1) is 6.26 Å². The van der Waals surface area contributed by atoms with Crippen LogP contribution in [0.2, 0.25) is 0 Å². The third-order valence-corrected chi connectivity index (χ3v) is 5.58. The van der Waals surface area contributed by atoms with Crippen LogP contribution < -0.4 is 15.5 Å². The molecule has 2 N–H and O–H groups in total. The number of furan rings is 1. The summed E-state index contributed by atoms with van der Waals surface area (Å²) >= 11 is 0. The molecule has 0 unspecified atom stereocenters. The minimum Gasteiger partial charge on any atom is -0.469 e. The van der Waals surface area contributed by atoms with Gasteiger partial charge in [-0.05, 0) is 43.9 Å². The summed E-state index contributed by atoms with van der Waals surface area (Å²) < 4.78 is 5.43. The van der Waals surface area contributed by atoms with Gasteiger partial charge in [0.15, 0.2) is 5.96 Å². The van der Waals surface area contributed by atoms with Crippen molar-refractivity contribution in [2.45, 2.75) is 57.0 Å². The molecule has 0 aromatic carbocycles. The van der Waals surface area contributed by atoms with Gasteiger partial charge in [-0.15, -0.1) is 0 Å². The van der Waals surface area contributed by atoms with Crippen LogP contribution in [-0.2, 0) is 6.42 Å². The Hall–Kier alpha value is -2.57. The first-order chi connectivity index (χ1) is 13.9. The molecule has 0 bridgehead atoms. The fourth-order valence-corrected chi connectivity index (χ4v) is 4.00. The molecule has 7 nitrogen and oxygen atoms in total. The first-order valence-corrected chi connectivity index (χ1v) is 10.5. The summed E-state index contributed by atoms with van der Waals surface area (Å²) in [6.45, 7) is 2.65. The molecule has 2 aromatic rings. The van der Waals surface area contributed by atoms with Gasteiger partial charge in [0.2, 0.25) is 5.95 Å². The summed E-state index contributed by atoms with van der Waals surface area (Å²) in [5.41, 5.74) is 0. The average molecular weight is 383 g/mol. The largest absolute Gasteiger partial charge is 0.469 e. The van der Waals surface area contributed by atoms with Crippen LogP contribution in [-0.4, -0.2) is 47.6 Å². The monoisotopic (exact) mass is 382 g/mol. The summed E-state index contributed by atoms with van der Waals surface area (Å²) in [4.78, 5) is 15.8. The molecule has 1 saturated carbocycles. The van der Waals surface area contributed by atoms with Crippen molar-refractivity contribution < 1.29 is 4.42 Å². The molecule has 0 amide bonds. The summed E-state index contributed by atoms with van der Waals surface area (Å²) in [7, 11) is 0. The summed E-state index contributed by atoms with van der Waals surface area (Å²) in [6, 6.07) is 6.77. The molecule has 1 aliphatic carbocycles. The predicted octanol–water partition coefficient (Wildman–Crippen LogP) is 2.76. The standard InChI is InChI=1S/C21H30N6O/c1-2-6-17(5-1)25-20(22-13-8-19-7-3-16-28-19)26-18-9-14-27(15-10-18)21-23-11-4-12-24-21/h3-4,7,11-12,16-18H,1-2,5-6,8-10,13-15H2,(H2,22,25,26). The SMILES string of the molecule is c1cnc(N2CCC(NC(=NCCc3ccco3)NC3CCCC3)CC2)nc1. The smallest absolute Gasteiger partial charge is 0.225 e. The number of rotatable bonds is 6. The number of nitrogens with one attached hydrogen (secondary N) is 2. The maximum Gasteiger partial charge on any atom is 0.225 e. The highest BCUT2D eigenvalue weighted by Crippen LogP contribution is 2.18. The molecule has 2 fully saturated rings. The Morgan fingerprint density at radius 2 is 1.75 bits per heavy atom. The van der Waals surface area contributed by atoms with Crippen LogP contribution in [0.1, 0.15) is 44.3 Å². The zero-order valence-corrected chi connectivity index (χ0v) is 16.4. The second-order valence-corrected chi connectivity index (χ2v) is 7.64. The lowest BCUT2D eigenvalue weighted by atomic mass is 10.1. The molecule has 7 heteroatoms. The van der Waals surface area contributed by atoms with E-state index in [0.29, 0.717) is 12.1 Å². The molecule has 0 radical (unpaired) electrons. The Kier molecular flexibility index (Phi) is 6.42. The molecule has 2 aromatic heterocycles. The van der Waals surface area contributed by atoms with Crippen LogP contribution in [0.25, 0.3) is 0 Å². The average Bonchev–Trinajstić information content (AvgIpc) is 3.43. The molecule has 1 saturated heterocycles. The van der Waals surface area contributed by atoms with Crippen LogP contribution in [0.5, 0.6) is 0 Å². The highest BCUT2D eigenvalue weighted by atomic mass is 16.3. The van der Waals surface area contributed by atoms with Crippen LogP contribution in [0.15, 0.2) is 46.3 Å². The molecule has 28 heavy (non-hydrogen) atoms. The number of aliphatic imine (C=N–C) groups is 1. The number of nitrogens with zero attached hydrogens (tertiary/aromatic N) is 4. The Labute approximate surface area is 166 Å². The highest BCUT2D eigenvalue weighted by Gasteiger charge is 2.23. The molecule has 0 spiro atoms. The Bertz CT molecular complexity index is 719. The van der Waals surface area contributed by atoms with E-state index < -0.39 is 0 Å². The van der Waals surface area contributed by atoms with Gasteiger partial charge in [-0.3, -0.25) is 4.99 Å². The van der Waals surface area contributed by atoms with Gasteiger partial charge in [0, 0.05) is 50.5 Å². The number of aromatic nitrogens is 2. The highest BCUT2D eigenvalue weighted by molar-refractivity contribution is 5.80. The number of piperidine rings is 1. The van der Waals surface area contributed by atoms with Crippen molar-refractivity contribution in [3.8, 4) is 0 Å². The first-order valence-electron chi connectivity index (χ1n) is 10.5. The van der Waals surface area contributed by atoms with Gasteiger partial charge < -0.3 is 20.0 Å². The van der Waals surface area contributed by atoms with Crippen LogP contribution in [0.4, 0.5) is 5.95 Å². The van der Waals surface area contributed by atoms with Gasteiger partial charge in [0.1, 0.15) is 5.76 Å². The van der Waals surface area contributed by atoms with Crippen LogP contribution in [0.3, 0.4) is 0 Å². The Morgan fingerprint density at radius 1 is 1.04 bits per heavy atom. The minimum absolute atomic E-state index is 0.427. The van der Waals surface area contributed by atoms with Gasteiger partial charge in [0.25, 0.3) is 0 Å². The fraction of sp³-hybridized carbons (Fsp3) is 0.571. The molecular formula is C21H30N6O. The maximum atomic E-state index is 5.43. The van der Waals surface area contributed by atoms with Crippen molar-refractivity contribution in [2.75, 3.05) is 24.5 Å². The third kappa shape index (κ3) is 5.24. The van der Waals surface area contributed by atoms with Gasteiger partial charge in [-0.25, -0.2) is 9.97 Å². The van der Waals surface area contributed by atoms with E-state index in [0.717, 1.165) is 56.6 Å². The maximum absolute atomic E-state index is 5.43. The number of guanidine groups is 1. The number of hydrogen-bond acceptors (Lipinski definition) is 5. The first kappa shape index (κ1) is 18.8. The fourth-order valence-electron chi connectivity index (χ4n) is 4.00. The van der Waals surface area contributed by atoms with Crippen molar-refractivity contribution in [3.63, 3.8) is 0 Å². The van der Waals surface area contributed by atoms with Crippen LogP contribution in [0, 0.1) is 0 Å². The molecule has 4 rings (SSSR count). The van der Waals surface area contributed by atoms with E-state index in [1.54, 1.807) is 6.26 Å². The topological polar surface area (TPSA) is 78.6 Å². The lowest BCUT2D eigenvalue weighted by Gasteiger charge is -2.33. The third-order valence-electron chi connectivity index (χ3n) is 5.58. The van der Waals surface area contributed by atoms with Crippen LogP contribution >= 0.6 is 0 Å². The van der Waals surface area contributed by atoms with Gasteiger partial charge in [-0.2, -0.15) is 0 Å². The van der Waals surface area contributed by atoms with Crippen molar-refractivity contribution in [3.05, 3.63) is 42.6 Å². The van der Waals surface area contributed by atoms with Crippen molar-refractivity contribution in [1.82, 2.24) is 20.6 Å². The second kappa shape index (κ2) is 9.57. The van der Waals surface area contributed by atoms with Gasteiger partial charge >= 0.3 is 0 Å². The van der Waals surface area contributed by atoms with E-state index in [2.05, 4.69) is 25.5 Å². The van der Waals surface area contributed by atoms with Crippen molar-refractivity contribution >= 4 is 11.9 Å². The summed E-state index contributed by atoms with van der Waals surface area (Å²) in [5, 5.41) is 7.33. The lowest BCUT2D eigenvalue weighted by molar-refractivity contribution is 0.452. The molecule has 0 atom stereocenters. The normalized spacial score (nSPS) is 19.1. The van der Waals surface area contributed by atoms with Crippen molar-refractivity contribution in [1.29, 1.82) is 0 Å². The van der Waals surface area contributed by atoms with E-state index in [1.165, 1.54) is 25.7 Å². The molecule has 3 heterocycles. The second-order valence-electron chi connectivity index (χ2n) is 7.64. The number of hydrogen-bond donors (Lipinski definition) is 2. The Morgan fingerprint density at radius 3 is 2.43 bits per heavy atom. The summed E-state index contributed by atoms with van der Waals surface area (Å²) in [6.07, 6.45) is 13.4. The van der Waals surface area contributed by atoms with Crippen molar-refractivity contribution in [2.24, 2.45) is 4.99 Å². The quantitative estimate of drug-likeness (QED) is 0.591. The number of anilines is 1. The zero-order valence-electron chi connectivity index (χ0n) is 16.4. The Balaban J connectivity index is 1.31. The van der Waals surface area contributed by atoms with E-state index in [4.69, 9.17) is 9.41 Å². The lowest BCUT2D eigenvalue weighted by Crippen LogP contribution is -2.50. The van der Waals surface area contributed by atoms with Gasteiger partial charge in [-0.1, -0.05) is 12.8 Å². The molecule has 1 aliphatic heterocycles. The molecule has 150 valence electrons.